The number of carbonyl (C=O) groups excluding carboxylic acids is 1. The summed E-state index contributed by atoms with van der Waals surface area (Å²) in [4.78, 5) is 22.6. The summed E-state index contributed by atoms with van der Waals surface area (Å²) in [6, 6.07) is 28.0. The fraction of sp³-hybridized carbons (Fsp3) is 0.449. The Balaban J connectivity index is 0.000000294. The van der Waals surface area contributed by atoms with Crippen molar-refractivity contribution in [2.45, 2.75) is 132 Å². The summed E-state index contributed by atoms with van der Waals surface area (Å²) < 4.78 is 0. The smallest absolute Gasteiger partial charge is 0.157 e. The van der Waals surface area contributed by atoms with E-state index in [1.807, 2.05) is 6.08 Å². The van der Waals surface area contributed by atoms with E-state index in [1.165, 1.54) is 43.8 Å². The molecule has 4 aromatic carbocycles. The summed E-state index contributed by atoms with van der Waals surface area (Å²) in [5.74, 6) is 2.39. The van der Waals surface area contributed by atoms with Crippen LogP contribution in [0.25, 0.3) is 49.4 Å². The maximum absolute atomic E-state index is 12.2. The van der Waals surface area contributed by atoms with Crippen molar-refractivity contribution in [3.63, 3.8) is 0 Å². The second-order valence-electron chi connectivity index (χ2n) is 16.2. The van der Waals surface area contributed by atoms with Crippen LogP contribution in [0.4, 0.5) is 0 Å². The van der Waals surface area contributed by atoms with E-state index in [-0.39, 0.29) is 49.2 Å². The molecule has 5 heteroatoms. The topological polar surface area (TPSA) is 57.0 Å². The molecule has 5 aromatic rings. The van der Waals surface area contributed by atoms with Gasteiger partial charge in [0.25, 0.3) is 0 Å². The molecule has 1 heterocycles. The average Bonchev–Trinajstić information content (AvgIpc) is 3.38. The van der Waals surface area contributed by atoms with Gasteiger partial charge in [-0.15, -0.1) is 29.3 Å². The predicted molar refractivity (Wildman–Crippen MR) is 227 cm³/mol. The first-order chi connectivity index (χ1) is 25.3. The molecule has 0 spiro atoms. The largest absolute Gasteiger partial charge is 0.685 e. The molecule has 0 atom stereocenters. The maximum Gasteiger partial charge on any atom is 0.157 e. The molecule has 0 bridgehead atoms. The number of hydrogen-bond donors (Lipinski definition) is 0. The quantitative estimate of drug-likeness (QED) is 0.0926. The SMILES string of the molecule is CC(C)c1nc2c(c(-c3[c-]cc(C(C)C)c4ccccc34)n1)C(C)(C)c1c-2ccc2ccccc12.CCC(CC)C(=O)/C=C(\[N-]C(C)C)C(CC)CC.[Ir]. The molecule has 0 aliphatic heterocycles. The first-order valence-corrected chi connectivity index (χ1v) is 20.1. The maximum atomic E-state index is 12.2. The number of benzene rings is 4. The van der Waals surface area contributed by atoms with Gasteiger partial charge in [-0.3, -0.25) is 9.78 Å². The summed E-state index contributed by atoms with van der Waals surface area (Å²) in [6.45, 7) is 26.1. The molecule has 0 fully saturated rings. The van der Waals surface area contributed by atoms with Crippen molar-refractivity contribution in [2.75, 3.05) is 0 Å². The fourth-order valence-electron chi connectivity index (χ4n) is 8.12. The third-order valence-electron chi connectivity index (χ3n) is 11.1. The molecule has 0 amide bonds. The van der Waals surface area contributed by atoms with Gasteiger partial charge in [0, 0.05) is 42.9 Å². The molecule has 1 aliphatic carbocycles. The summed E-state index contributed by atoms with van der Waals surface area (Å²) in [5, 5.41) is 9.72. The molecule has 6 rings (SSSR count). The molecular formula is C49H61IrN3O-2. The molecule has 0 unspecified atom stereocenters. The second kappa shape index (κ2) is 18.3. The van der Waals surface area contributed by atoms with Gasteiger partial charge in [0.05, 0.1) is 5.69 Å². The van der Waals surface area contributed by atoms with Crippen LogP contribution in [0.2, 0.25) is 0 Å². The zero-order valence-electron chi connectivity index (χ0n) is 34.7. The second-order valence-corrected chi connectivity index (χ2v) is 16.2. The van der Waals surface area contributed by atoms with E-state index in [2.05, 4.69) is 161 Å². The van der Waals surface area contributed by atoms with Gasteiger partial charge in [0.2, 0.25) is 0 Å². The van der Waals surface area contributed by atoms with Crippen LogP contribution in [-0.2, 0) is 30.3 Å². The van der Waals surface area contributed by atoms with E-state index >= 15 is 0 Å². The standard InChI is InChI=1S/C33H31N2.C16H31NO.Ir/c1-19(2)22-17-18-26(25-14-10-9-13-24(22)25)30-29-31(35-32(34-30)20(3)4)27-16-15-21-11-7-8-12-23(21)28(27)33(29,5)6;1-7-13(8-2)15(17-12(5)6)11-16(18)14(9-3)10-4;/h7-17,19-20H,1-6H3;11-14H,7-10H2,1-6H3,(H,17,18);/q-1;;/p-1. The molecule has 0 saturated carbocycles. The van der Waals surface area contributed by atoms with Crippen LogP contribution in [0.5, 0.6) is 0 Å². The normalized spacial score (nSPS) is 13.4. The minimum atomic E-state index is -0.234. The zero-order chi connectivity index (χ0) is 38.6. The monoisotopic (exact) mass is 900 g/mol. The molecule has 1 aromatic heterocycles. The first kappa shape index (κ1) is 43.1. The van der Waals surface area contributed by atoms with E-state index < -0.39 is 0 Å². The summed E-state index contributed by atoms with van der Waals surface area (Å²) >= 11 is 0. The van der Waals surface area contributed by atoms with Gasteiger partial charge in [-0.2, -0.15) is 5.70 Å². The average molecular weight is 900 g/mol. The Bertz CT molecular complexity index is 2100. The van der Waals surface area contributed by atoms with E-state index in [0.29, 0.717) is 11.8 Å². The Morgan fingerprint density at radius 3 is 1.87 bits per heavy atom. The summed E-state index contributed by atoms with van der Waals surface area (Å²) in [5.41, 5.74) is 9.08. The van der Waals surface area contributed by atoms with Crippen LogP contribution in [0.3, 0.4) is 0 Å². The van der Waals surface area contributed by atoms with Gasteiger partial charge in [0.15, 0.2) is 5.78 Å². The van der Waals surface area contributed by atoms with E-state index in [0.717, 1.165) is 54.2 Å². The Hall–Kier alpha value is -3.66. The van der Waals surface area contributed by atoms with E-state index in [1.54, 1.807) is 0 Å². The Morgan fingerprint density at radius 2 is 1.30 bits per heavy atom. The first-order valence-electron chi connectivity index (χ1n) is 20.1. The van der Waals surface area contributed by atoms with E-state index in [9.17, 15) is 4.79 Å². The number of allylic oxidation sites excluding steroid dienone is 2. The van der Waals surface area contributed by atoms with Crippen LogP contribution in [0.15, 0.2) is 78.5 Å². The summed E-state index contributed by atoms with van der Waals surface area (Å²) in [7, 11) is 0. The van der Waals surface area contributed by atoms with Crippen molar-refractivity contribution in [1.29, 1.82) is 0 Å². The van der Waals surface area contributed by atoms with Crippen LogP contribution < -0.4 is 0 Å². The molecule has 1 radical (unpaired) electrons. The van der Waals surface area contributed by atoms with Gasteiger partial charge in [-0.25, -0.2) is 4.98 Å². The van der Waals surface area contributed by atoms with Crippen LogP contribution in [-0.4, -0.2) is 21.8 Å². The fourth-order valence-corrected chi connectivity index (χ4v) is 8.12. The van der Waals surface area contributed by atoms with Crippen molar-refractivity contribution in [2.24, 2.45) is 11.8 Å². The zero-order valence-corrected chi connectivity index (χ0v) is 37.1. The number of hydrogen-bond acceptors (Lipinski definition) is 3. The van der Waals surface area contributed by atoms with Crippen LogP contribution in [0, 0.1) is 17.9 Å². The van der Waals surface area contributed by atoms with Crippen molar-refractivity contribution in [1.82, 2.24) is 9.97 Å². The van der Waals surface area contributed by atoms with Crippen molar-refractivity contribution < 1.29 is 24.9 Å². The van der Waals surface area contributed by atoms with Gasteiger partial charge in [-0.1, -0.05) is 173 Å². The van der Waals surface area contributed by atoms with Gasteiger partial charge < -0.3 is 5.32 Å². The minimum absolute atomic E-state index is 0. The Kier molecular flexibility index (Phi) is 14.6. The number of carbonyl (C=O) groups is 1. The number of rotatable bonds is 12. The van der Waals surface area contributed by atoms with Crippen LogP contribution in [0.1, 0.15) is 143 Å². The van der Waals surface area contributed by atoms with Gasteiger partial charge >= 0.3 is 0 Å². The van der Waals surface area contributed by atoms with E-state index in [4.69, 9.17) is 9.97 Å². The molecule has 4 nitrogen and oxygen atoms in total. The van der Waals surface area contributed by atoms with Gasteiger partial charge in [0.1, 0.15) is 5.82 Å². The molecule has 54 heavy (non-hydrogen) atoms. The predicted octanol–water partition coefficient (Wildman–Crippen LogP) is 13.9. The van der Waals surface area contributed by atoms with Gasteiger partial charge in [-0.05, 0) is 52.4 Å². The third-order valence-corrected chi connectivity index (χ3v) is 11.1. The molecule has 1 aliphatic rings. The number of fused-ring (bicyclic) bond motifs is 6. The van der Waals surface area contributed by atoms with Crippen molar-refractivity contribution in [3.05, 3.63) is 112 Å². The number of ketones is 1. The molecule has 0 N–H and O–H groups in total. The van der Waals surface area contributed by atoms with Crippen molar-refractivity contribution in [3.8, 4) is 22.5 Å². The number of nitrogens with zero attached hydrogens (tertiary/aromatic N) is 3. The summed E-state index contributed by atoms with van der Waals surface area (Å²) in [6.07, 6.45) is 5.76. The Morgan fingerprint density at radius 1 is 0.722 bits per heavy atom. The minimum Gasteiger partial charge on any atom is -0.685 e. The molecule has 0 saturated heterocycles. The molecular weight excluding hydrogens is 839 g/mol. The Labute approximate surface area is 339 Å². The number of aromatic nitrogens is 2. The third kappa shape index (κ3) is 8.58. The molecule has 289 valence electrons. The van der Waals surface area contributed by atoms with Crippen molar-refractivity contribution >= 4 is 27.3 Å². The van der Waals surface area contributed by atoms with Crippen LogP contribution >= 0.6 is 0 Å².